The lowest BCUT2D eigenvalue weighted by Crippen LogP contribution is -2.55. The Morgan fingerprint density at radius 1 is 1.08 bits per heavy atom. The van der Waals surface area contributed by atoms with E-state index in [1.165, 1.54) is 6.21 Å². The van der Waals surface area contributed by atoms with Gasteiger partial charge in [0.1, 0.15) is 6.10 Å². The van der Waals surface area contributed by atoms with Crippen LogP contribution in [0.4, 0.5) is 0 Å². The lowest BCUT2D eigenvalue weighted by Gasteiger charge is -2.45. The Hall–Kier alpha value is -0.473. The maximum absolute atomic E-state index is 12.3. The Morgan fingerprint density at radius 2 is 1.58 bits per heavy atom. The van der Waals surface area contributed by atoms with Crippen LogP contribution in [0.1, 0.15) is 48.0 Å². The average Bonchev–Trinajstić information content (AvgIpc) is 2.85. The van der Waals surface area contributed by atoms with Crippen LogP contribution in [0.25, 0.3) is 0 Å². The van der Waals surface area contributed by atoms with E-state index in [2.05, 4.69) is 41.5 Å². The fourth-order valence-electron chi connectivity index (χ4n) is 4.48. The van der Waals surface area contributed by atoms with Gasteiger partial charge in [0.05, 0.1) is 31.7 Å². The van der Waals surface area contributed by atoms with Crippen molar-refractivity contribution in [3.05, 3.63) is 5.21 Å². The highest BCUT2D eigenvalue weighted by Gasteiger charge is 2.52. The van der Waals surface area contributed by atoms with Gasteiger partial charge < -0.3 is 25.0 Å². The first kappa shape index (κ1) is 21.6. The van der Waals surface area contributed by atoms with E-state index in [1.54, 1.807) is 0 Å². The van der Waals surface area contributed by atoms with E-state index in [-0.39, 0.29) is 12.7 Å². The van der Waals surface area contributed by atoms with Crippen LogP contribution in [0.5, 0.6) is 0 Å². The van der Waals surface area contributed by atoms with E-state index in [0.717, 1.165) is 4.74 Å². The molecule has 0 amide bonds. The Labute approximate surface area is 146 Å². The second-order valence-electron chi connectivity index (χ2n) is 7.84. The second-order valence-corrected chi connectivity index (χ2v) is 13.2. The Bertz CT molecular complexity index is 405. The standard InChI is InChI=1S/C17H35NO5Si/c1-11(2)24(12(3)4,13(5)6)23-16-7-8-18(22)17(16)14(9-19)15(21)10-20/h8,11-17,19-21H,7,9-10H2,1-6H3/t14-,15-,16-,17+/m0/s1. The molecule has 0 aromatic carbocycles. The van der Waals surface area contributed by atoms with Crippen LogP contribution < -0.4 is 0 Å². The Morgan fingerprint density at radius 3 is 1.96 bits per heavy atom. The summed E-state index contributed by atoms with van der Waals surface area (Å²) in [4.78, 5) is 0. The minimum atomic E-state index is -2.18. The van der Waals surface area contributed by atoms with Gasteiger partial charge in [-0.2, -0.15) is 0 Å². The molecule has 0 fully saturated rings. The van der Waals surface area contributed by atoms with Crippen LogP contribution in [0.15, 0.2) is 0 Å². The predicted octanol–water partition coefficient (Wildman–Crippen LogP) is 1.86. The van der Waals surface area contributed by atoms with Crippen molar-refractivity contribution in [2.75, 3.05) is 13.2 Å². The maximum Gasteiger partial charge on any atom is 0.201 e. The minimum absolute atomic E-state index is 0.361. The van der Waals surface area contributed by atoms with Gasteiger partial charge in [0.15, 0.2) is 12.3 Å². The quantitative estimate of drug-likeness (QED) is 0.331. The molecule has 0 spiro atoms. The van der Waals surface area contributed by atoms with Crippen LogP contribution in [-0.2, 0) is 4.43 Å². The summed E-state index contributed by atoms with van der Waals surface area (Å²) >= 11 is 0. The van der Waals surface area contributed by atoms with Crippen molar-refractivity contribution < 1.29 is 24.5 Å². The molecular weight excluding hydrogens is 326 g/mol. The van der Waals surface area contributed by atoms with Crippen LogP contribution in [0.2, 0.25) is 16.6 Å². The van der Waals surface area contributed by atoms with Gasteiger partial charge in [0.2, 0.25) is 8.32 Å². The molecule has 0 unspecified atom stereocenters. The summed E-state index contributed by atoms with van der Waals surface area (Å²) in [5.74, 6) is -0.727. The Balaban J connectivity index is 3.14. The van der Waals surface area contributed by atoms with Gasteiger partial charge >= 0.3 is 0 Å². The van der Waals surface area contributed by atoms with Gasteiger partial charge in [-0.3, -0.25) is 0 Å². The molecule has 0 radical (unpaired) electrons. The van der Waals surface area contributed by atoms with E-state index in [0.29, 0.717) is 23.0 Å². The van der Waals surface area contributed by atoms with Crippen molar-refractivity contribution in [2.45, 2.75) is 82.8 Å². The number of hydrogen-bond donors (Lipinski definition) is 3. The first-order valence-corrected chi connectivity index (χ1v) is 11.1. The minimum Gasteiger partial charge on any atom is -0.624 e. The fraction of sp³-hybridized carbons (Fsp3) is 0.941. The highest BCUT2D eigenvalue weighted by Crippen LogP contribution is 2.44. The normalized spacial score (nSPS) is 24.8. The third-order valence-electron chi connectivity index (χ3n) is 5.59. The van der Waals surface area contributed by atoms with E-state index in [4.69, 9.17) is 4.43 Å². The van der Waals surface area contributed by atoms with E-state index in [9.17, 15) is 20.5 Å². The molecular formula is C17H35NO5Si. The van der Waals surface area contributed by atoms with Crippen molar-refractivity contribution in [3.8, 4) is 0 Å². The smallest absolute Gasteiger partial charge is 0.201 e. The summed E-state index contributed by atoms with van der Waals surface area (Å²) in [5.41, 5.74) is 1.15. The van der Waals surface area contributed by atoms with Crippen molar-refractivity contribution in [2.24, 2.45) is 5.92 Å². The SMILES string of the molecule is CC(C)[Si](O[C@H]1CC=[N+]([O-])[C@@H]1[C@@H](CO)[C@@H](O)CO)(C(C)C)C(C)C. The average molecular weight is 362 g/mol. The zero-order chi connectivity index (χ0) is 18.7. The third-order valence-corrected chi connectivity index (χ3v) is 11.7. The molecule has 0 saturated carbocycles. The first-order chi connectivity index (χ1) is 11.1. The largest absolute Gasteiger partial charge is 0.624 e. The van der Waals surface area contributed by atoms with Crippen LogP contribution >= 0.6 is 0 Å². The molecule has 24 heavy (non-hydrogen) atoms. The van der Waals surface area contributed by atoms with E-state index < -0.39 is 33.0 Å². The van der Waals surface area contributed by atoms with Crippen LogP contribution in [0, 0.1) is 11.1 Å². The summed E-state index contributed by atoms with van der Waals surface area (Å²) in [6, 6.07) is -0.666. The van der Waals surface area contributed by atoms with Crippen LogP contribution in [0.3, 0.4) is 0 Å². The molecule has 142 valence electrons. The number of nitrogens with zero attached hydrogens (tertiary/aromatic N) is 1. The number of hydrogen-bond acceptors (Lipinski definition) is 5. The van der Waals surface area contributed by atoms with Gasteiger partial charge in [-0.15, -0.1) is 0 Å². The molecule has 3 N–H and O–H groups in total. The monoisotopic (exact) mass is 361 g/mol. The first-order valence-electron chi connectivity index (χ1n) is 8.99. The van der Waals surface area contributed by atoms with Gasteiger partial charge in [-0.05, 0) is 16.6 Å². The van der Waals surface area contributed by atoms with Crippen LogP contribution in [-0.4, -0.2) is 66.1 Å². The summed E-state index contributed by atoms with van der Waals surface area (Å²) in [5, 5.41) is 41.2. The number of rotatable bonds is 9. The van der Waals surface area contributed by atoms with Gasteiger partial charge in [0, 0.05) is 0 Å². The third kappa shape index (κ3) is 4.02. The Kier molecular flexibility index (Phi) is 7.87. The molecule has 0 bridgehead atoms. The van der Waals surface area contributed by atoms with Crippen molar-refractivity contribution in [3.63, 3.8) is 0 Å². The lowest BCUT2D eigenvalue weighted by molar-refractivity contribution is -0.511. The van der Waals surface area contributed by atoms with Gasteiger partial charge in [-0.1, -0.05) is 41.5 Å². The summed E-state index contributed by atoms with van der Waals surface area (Å²) in [6.07, 6.45) is 0.508. The van der Waals surface area contributed by atoms with E-state index >= 15 is 0 Å². The van der Waals surface area contributed by atoms with Crippen molar-refractivity contribution in [1.29, 1.82) is 0 Å². The molecule has 4 atom stereocenters. The zero-order valence-corrected chi connectivity index (χ0v) is 16.8. The second kappa shape index (κ2) is 8.76. The lowest BCUT2D eigenvalue weighted by atomic mass is 9.91. The molecule has 0 aliphatic carbocycles. The molecule has 6 nitrogen and oxygen atoms in total. The fourth-order valence-corrected chi connectivity index (χ4v) is 10.1. The molecule has 7 heteroatoms. The molecule has 0 aromatic rings. The summed E-state index contributed by atoms with van der Waals surface area (Å²) in [6.45, 7) is 12.2. The topological polar surface area (TPSA) is 96.0 Å². The molecule has 1 aliphatic rings. The number of hydroxylamine groups is 1. The van der Waals surface area contributed by atoms with Gasteiger partial charge in [-0.25, -0.2) is 4.74 Å². The number of aliphatic hydroxyl groups is 3. The van der Waals surface area contributed by atoms with Gasteiger partial charge in [0.25, 0.3) is 0 Å². The molecule has 1 aliphatic heterocycles. The molecule has 1 heterocycles. The van der Waals surface area contributed by atoms with Crippen molar-refractivity contribution in [1.82, 2.24) is 0 Å². The van der Waals surface area contributed by atoms with E-state index in [1.807, 2.05) is 0 Å². The molecule has 0 saturated heterocycles. The predicted molar refractivity (Wildman–Crippen MR) is 97.7 cm³/mol. The molecule has 1 rings (SSSR count). The summed E-state index contributed by atoms with van der Waals surface area (Å²) in [7, 11) is -2.18. The zero-order valence-electron chi connectivity index (χ0n) is 15.8. The highest BCUT2D eigenvalue weighted by atomic mass is 28.4. The van der Waals surface area contributed by atoms with Crippen molar-refractivity contribution >= 4 is 14.5 Å². The molecule has 0 aromatic heterocycles. The maximum atomic E-state index is 12.3. The number of aliphatic hydroxyl groups excluding tert-OH is 3. The highest BCUT2D eigenvalue weighted by molar-refractivity contribution is 6.77. The summed E-state index contributed by atoms with van der Waals surface area (Å²) < 4.78 is 7.50.